The van der Waals surface area contributed by atoms with E-state index in [1.165, 1.54) is 0 Å². The van der Waals surface area contributed by atoms with Crippen LogP contribution in [-0.2, 0) is 4.79 Å². The van der Waals surface area contributed by atoms with Crippen molar-refractivity contribution in [2.24, 2.45) is 11.8 Å². The van der Waals surface area contributed by atoms with E-state index >= 15 is 0 Å². The monoisotopic (exact) mass is 185 g/mol. The highest BCUT2D eigenvalue weighted by molar-refractivity contribution is 5.81. The summed E-state index contributed by atoms with van der Waals surface area (Å²) in [7, 11) is 0. The highest BCUT2D eigenvalue weighted by Gasteiger charge is 2.14. The summed E-state index contributed by atoms with van der Waals surface area (Å²) in [5, 5.41) is 3.20. The van der Waals surface area contributed by atoms with Crippen LogP contribution in [0.3, 0.4) is 0 Å². The van der Waals surface area contributed by atoms with E-state index < -0.39 is 0 Å². The molecule has 0 aliphatic carbocycles. The highest BCUT2D eigenvalue weighted by Crippen LogP contribution is 2.10. The molecule has 0 saturated heterocycles. The molecule has 0 heterocycles. The third-order valence-electron chi connectivity index (χ3n) is 2.50. The zero-order valence-corrected chi connectivity index (χ0v) is 9.39. The van der Waals surface area contributed by atoms with Crippen molar-refractivity contribution < 1.29 is 4.79 Å². The van der Waals surface area contributed by atoms with Gasteiger partial charge in [-0.3, -0.25) is 4.79 Å². The first-order chi connectivity index (χ1) is 6.11. The average Bonchev–Trinajstić information content (AvgIpc) is 2.13. The Hall–Kier alpha value is -0.370. The Labute approximate surface area is 82.1 Å². The predicted molar refractivity (Wildman–Crippen MR) is 56.8 cm³/mol. The van der Waals surface area contributed by atoms with Gasteiger partial charge in [-0.15, -0.1) is 0 Å². The largest absolute Gasteiger partial charge is 0.316 e. The van der Waals surface area contributed by atoms with Crippen molar-refractivity contribution in [2.75, 3.05) is 13.1 Å². The van der Waals surface area contributed by atoms with Gasteiger partial charge in [0.15, 0.2) is 0 Å². The molecule has 0 fully saturated rings. The molecule has 13 heavy (non-hydrogen) atoms. The van der Waals surface area contributed by atoms with Gasteiger partial charge in [-0.1, -0.05) is 34.1 Å². The molecular formula is C11H23NO. The van der Waals surface area contributed by atoms with Gasteiger partial charge in [-0.05, 0) is 12.5 Å². The van der Waals surface area contributed by atoms with Gasteiger partial charge in [0.25, 0.3) is 0 Å². The van der Waals surface area contributed by atoms with E-state index in [0.717, 1.165) is 25.9 Å². The van der Waals surface area contributed by atoms with Crippen LogP contribution in [0.1, 0.15) is 40.5 Å². The van der Waals surface area contributed by atoms with Gasteiger partial charge in [-0.2, -0.15) is 0 Å². The topological polar surface area (TPSA) is 29.1 Å². The second kappa shape index (κ2) is 7.07. The molecule has 0 aromatic rings. The zero-order chi connectivity index (χ0) is 10.3. The number of carbonyl (C=O) groups excluding carboxylic acids is 1. The number of hydrogen-bond donors (Lipinski definition) is 1. The summed E-state index contributed by atoms with van der Waals surface area (Å²) >= 11 is 0. The van der Waals surface area contributed by atoms with E-state index in [1.807, 2.05) is 6.92 Å². The van der Waals surface area contributed by atoms with Crippen molar-refractivity contribution in [1.82, 2.24) is 5.32 Å². The summed E-state index contributed by atoms with van der Waals surface area (Å²) in [6, 6.07) is 0. The summed E-state index contributed by atoms with van der Waals surface area (Å²) in [4.78, 5) is 11.6. The normalized spacial score (nSPS) is 15.4. The van der Waals surface area contributed by atoms with Crippen LogP contribution in [0.25, 0.3) is 0 Å². The smallest absolute Gasteiger partial charge is 0.137 e. The maximum atomic E-state index is 11.6. The van der Waals surface area contributed by atoms with E-state index in [0.29, 0.717) is 11.7 Å². The molecule has 78 valence electrons. The number of ketones is 1. The third kappa shape index (κ3) is 5.81. The van der Waals surface area contributed by atoms with Crippen LogP contribution in [0.4, 0.5) is 0 Å². The van der Waals surface area contributed by atoms with Crippen molar-refractivity contribution in [3.8, 4) is 0 Å². The molecule has 0 bridgehead atoms. The van der Waals surface area contributed by atoms with Crippen molar-refractivity contribution in [3.05, 3.63) is 0 Å². The number of rotatable bonds is 7. The molecule has 1 N–H and O–H groups in total. The Morgan fingerprint density at radius 2 is 1.92 bits per heavy atom. The molecule has 0 aliphatic rings. The van der Waals surface area contributed by atoms with Crippen molar-refractivity contribution in [1.29, 1.82) is 0 Å². The van der Waals surface area contributed by atoms with Crippen LogP contribution >= 0.6 is 0 Å². The molecule has 2 nitrogen and oxygen atoms in total. The minimum Gasteiger partial charge on any atom is -0.316 e. The lowest BCUT2D eigenvalue weighted by atomic mass is 9.95. The van der Waals surface area contributed by atoms with E-state index in [4.69, 9.17) is 0 Å². The Kier molecular flexibility index (Phi) is 6.87. The number of nitrogens with one attached hydrogen (secondary N) is 1. The van der Waals surface area contributed by atoms with Crippen LogP contribution in [0.2, 0.25) is 0 Å². The summed E-state index contributed by atoms with van der Waals surface area (Å²) < 4.78 is 0. The molecular weight excluding hydrogens is 162 g/mol. The molecule has 2 atom stereocenters. The lowest BCUT2D eigenvalue weighted by molar-refractivity contribution is -0.123. The molecule has 2 heteroatoms. The van der Waals surface area contributed by atoms with Crippen LogP contribution in [-0.4, -0.2) is 18.9 Å². The minimum absolute atomic E-state index is 0.175. The van der Waals surface area contributed by atoms with Gasteiger partial charge >= 0.3 is 0 Å². The quantitative estimate of drug-likeness (QED) is 0.659. The SMILES string of the molecule is CCNCC(C)C(=O)CC(C)CC. The second-order valence-corrected chi connectivity index (χ2v) is 3.89. The van der Waals surface area contributed by atoms with E-state index in [1.54, 1.807) is 0 Å². The molecule has 0 spiro atoms. The lowest BCUT2D eigenvalue weighted by Crippen LogP contribution is -2.27. The van der Waals surface area contributed by atoms with Gasteiger partial charge in [0, 0.05) is 18.9 Å². The number of Topliss-reactive ketones (excluding diaryl/α,β-unsaturated/α-hetero) is 1. The third-order valence-corrected chi connectivity index (χ3v) is 2.50. The standard InChI is InChI=1S/C11H23NO/c1-5-9(3)7-11(13)10(4)8-12-6-2/h9-10,12H,5-8H2,1-4H3. The molecule has 0 radical (unpaired) electrons. The van der Waals surface area contributed by atoms with Crippen LogP contribution in [0, 0.1) is 11.8 Å². The first-order valence-corrected chi connectivity index (χ1v) is 5.35. The molecule has 0 rings (SSSR count). The zero-order valence-electron chi connectivity index (χ0n) is 9.39. The van der Waals surface area contributed by atoms with Gasteiger partial charge < -0.3 is 5.32 Å². The summed E-state index contributed by atoms with van der Waals surface area (Å²) in [6.45, 7) is 10.1. The highest BCUT2D eigenvalue weighted by atomic mass is 16.1. The molecule has 0 aromatic heterocycles. The van der Waals surface area contributed by atoms with Crippen molar-refractivity contribution in [3.63, 3.8) is 0 Å². The van der Waals surface area contributed by atoms with Gasteiger partial charge in [0.1, 0.15) is 5.78 Å². The molecule has 2 unspecified atom stereocenters. The average molecular weight is 185 g/mol. The predicted octanol–water partition coefficient (Wildman–Crippen LogP) is 2.24. The molecule has 0 saturated carbocycles. The Bertz CT molecular complexity index is 145. The van der Waals surface area contributed by atoms with Gasteiger partial charge in [0.05, 0.1) is 0 Å². The Morgan fingerprint density at radius 1 is 1.31 bits per heavy atom. The van der Waals surface area contributed by atoms with Gasteiger partial charge in [-0.25, -0.2) is 0 Å². The summed E-state index contributed by atoms with van der Waals surface area (Å²) in [6.07, 6.45) is 1.84. The maximum absolute atomic E-state index is 11.6. The second-order valence-electron chi connectivity index (χ2n) is 3.89. The number of carbonyl (C=O) groups is 1. The fourth-order valence-electron chi connectivity index (χ4n) is 1.16. The van der Waals surface area contributed by atoms with Crippen molar-refractivity contribution in [2.45, 2.75) is 40.5 Å². The van der Waals surface area contributed by atoms with Gasteiger partial charge in [0.2, 0.25) is 0 Å². The first-order valence-electron chi connectivity index (χ1n) is 5.35. The fraction of sp³-hybridized carbons (Fsp3) is 0.909. The minimum atomic E-state index is 0.175. The molecule has 0 aliphatic heterocycles. The Balaban J connectivity index is 3.68. The Morgan fingerprint density at radius 3 is 2.38 bits per heavy atom. The maximum Gasteiger partial charge on any atom is 0.137 e. The number of hydrogen-bond acceptors (Lipinski definition) is 2. The first kappa shape index (κ1) is 12.6. The molecule has 0 aromatic carbocycles. The fourth-order valence-corrected chi connectivity index (χ4v) is 1.16. The lowest BCUT2D eigenvalue weighted by Gasteiger charge is -2.13. The summed E-state index contributed by atoms with van der Waals surface area (Å²) in [5.74, 6) is 1.11. The van der Waals surface area contributed by atoms with Crippen LogP contribution in [0.5, 0.6) is 0 Å². The van der Waals surface area contributed by atoms with E-state index in [2.05, 4.69) is 26.1 Å². The van der Waals surface area contributed by atoms with Crippen molar-refractivity contribution >= 4 is 5.78 Å². The van der Waals surface area contributed by atoms with Crippen LogP contribution in [0.15, 0.2) is 0 Å². The summed E-state index contributed by atoms with van der Waals surface area (Å²) in [5.41, 5.74) is 0. The molecule has 0 amide bonds. The van der Waals surface area contributed by atoms with E-state index in [9.17, 15) is 4.79 Å². The van der Waals surface area contributed by atoms with E-state index in [-0.39, 0.29) is 5.92 Å². The van der Waals surface area contributed by atoms with Crippen LogP contribution < -0.4 is 5.32 Å².